The van der Waals surface area contributed by atoms with Gasteiger partial charge in [0.1, 0.15) is 0 Å². The lowest BCUT2D eigenvalue weighted by Gasteiger charge is -2.22. The van der Waals surface area contributed by atoms with Gasteiger partial charge in [-0.15, -0.1) is 0 Å². The van der Waals surface area contributed by atoms with E-state index in [0.29, 0.717) is 0 Å². The van der Waals surface area contributed by atoms with Gasteiger partial charge in [-0.1, -0.05) is 155 Å². The van der Waals surface area contributed by atoms with E-state index in [1.807, 2.05) is 0 Å². The third-order valence-corrected chi connectivity index (χ3v) is 9.97. The van der Waals surface area contributed by atoms with Crippen molar-refractivity contribution in [2.75, 3.05) is 0 Å². The lowest BCUT2D eigenvalue weighted by molar-refractivity contribution is 0.660. The summed E-state index contributed by atoms with van der Waals surface area (Å²) in [5.41, 5.74) is 19.3. The highest BCUT2D eigenvalue weighted by molar-refractivity contribution is 5.85. The summed E-state index contributed by atoms with van der Waals surface area (Å²) in [4.78, 5) is 0. The van der Waals surface area contributed by atoms with Crippen LogP contribution >= 0.6 is 0 Å². The zero-order valence-corrected chi connectivity index (χ0v) is 26.7. The molecule has 0 amide bonds. The summed E-state index contributed by atoms with van der Waals surface area (Å²) in [5, 5.41) is 0. The largest absolute Gasteiger partial charge is 0.0620 e. The van der Waals surface area contributed by atoms with Crippen molar-refractivity contribution in [1.29, 1.82) is 0 Å². The van der Waals surface area contributed by atoms with Crippen LogP contribution in [0.1, 0.15) is 61.1 Å². The number of fused-ring (bicyclic) bond motifs is 6. The highest BCUT2D eigenvalue weighted by atomic mass is 14.4. The van der Waals surface area contributed by atoms with E-state index in [4.69, 9.17) is 0 Å². The zero-order chi connectivity index (χ0) is 30.6. The molecule has 0 bridgehead atoms. The van der Waals surface area contributed by atoms with Gasteiger partial charge in [-0.2, -0.15) is 0 Å². The molecule has 2 aliphatic rings. The van der Waals surface area contributed by atoms with Crippen LogP contribution in [0.4, 0.5) is 0 Å². The van der Waals surface area contributed by atoms with E-state index in [0.717, 1.165) is 0 Å². The van der Waals surface area contributed by atoms with Crippen LogP contribution in [-0.2, 0) is 10.8 Å². The zero-order valence-electron chi connectivity index (χ0n) is 26.7. The monoisotopic (exact) mass is 568 g/mol. The minimum absolute atomic E-state index is 0.0740. The fourth-order valence-corrected chi connectivity index (χ4v) is 7.48. The van der Waals surface area contributed by atoms with Crippen molar-refractivity contribution in [1.82, 2.24) is 0 Å². The van der Waals surface area contributed by atoms with Crippen LogP contribution in [0.25, 0.3) is 44.5 Å². The Bertz CT molecular complexity index is 2030. The molecule has 216 valence electrons. The van der Waals surface area contributed by atoms with Gasteiger partial charge in [-0.3, -0.25) is 0 Å². The Morgan fingerprint density at radius 2 is 0.795 bits per heavy atom. The Balaban J connectivity index is 0.000000142. The van der Waals surface area contributed by atoms with E-state index >= 15 is 0 Å². The van der Waals surface area contributed by atoms with Crippen LogP contribution in [0, 0.1) is 13.8 Å². The summed E-state index contributed by atoms with van der Waals surface area (Å²) in [6.07, 6.45) is 0. The molecule has 0 saturated carbocycles. The van der Waals surface area contributed by atoms with Gasteiger partial charge in [0.2, 0.25) is 0 Å². The van der Waals surface area contributed by atoms with Gasteiger partial charge < -0.3 is 0 Å². The summed E-state index contributed by atoms with van der Waals surface area (Å²) >= 11 is 0. The molecule has 0 unspecified atom stereocenters. The van der Waals surface area contributed by atoms with Gasteiger partial charge in [0.25, 0.3) is 0 Å². The maximum atomic E-state index is 2.39. The number of aryl methyl sites for hydroxylation is 2. The second kappa shape index (κ2) is 10.5. The van der Waals surface area contributed by atoms with Crippen LogP contribution in [0.15, 0.2) is 133 Å². The van der Waals surface area contributed by atoms with E-state index in [2.05, 4.69) is 175 Å². The van der Waals surface area contributed by atoms with Crippen molar-refractivity contribution in [3.05, 3.63) is 167 Å². The normalized spacial score (nSPS) is 14.5. The van der Waals surface area contributed by atoms with Crippen LogP contribution < -0.4 is 0 Å². The second-order valence-corrected chi connectivity index (χ2v) is 13.5. The van der Waals surface area contributed by atoms with Crippen LogP contribution in [0.3, 0.4) is 0 Å². The van der Waals surface area contributed by atoms with E-state index in [9.17, 15) is 0 Å². The molecule has 8 rings (SSSR count). The Morgan fingerprint density at radius 3 is 1.36 bits per heavy atom. The topological polar surface area (TPSA) is 0 Å². The third-order valence-electron chi connectivity index (χ3n) is 9.97. The molecule has 6 aromatic carbocycles. The number of benzene rings is 6. The van der Waals surface area contributed by atoms with E-state index in [1.165, 1.54) is 77.9 Å². The molecule has 0 aliphatic heterocycles. The summed E-state index contributed by atoms with van der Waals surface area (Å²) < 4.78 is 0. The first-order valence-electron chi connectivity index (χ1n) is 15.8. The Kier molecular flexibility index (Phi) is 6.70. The van der Waals surface area contributed by atoms with Gasteiger partial charge in [0, 0.05) is 10.8 Å². The molecule has 0 saturated heterocycles. The molecular weight excluding hydrogens is 528 g/mol. The highest BCUT2D eigenvalue weighted by Gasteiger charge is 2.36. The second-order valence-electron chi connectivity index (χ2n) is 13.5. The predicted octanol–water partition coefficient (Wildman–Crippen LogP) is 11.9. The highest BCUT2D eigenvalue weighted by Crippen LogP contribution is 2.50. The average molecular weight is 569 g/mol. The lowest BCUT2D eigenvalue weighted by Crippen LogP contribution is -2.14. The average Bonchev–Trinajstić information content (AvgIpc) is 3.41. The van der Waals surface area contributed by atoms with Gasteiger partial charge in [-0.05, 0) is 98.3 Å². The lowest BCUT2D eigenvalue weighted by atomic mass is 9.81. The molecule has 44 heavy (non-hydrogen) atoms. The molecule has 6 aromatic rings. The minimum Gasteiger partial charge on any atom is -0.0620 e. The Hall–Kier alpha value is -4.68. The van der Waals surface area contributed by atoms with Crippen molar-refractivity contribution >= 4 is 0 Å². The van der Waals surface area contributed by atoms with Crippen molar-refractivity contribution in [2.24, 2.45) is 0 Å². The molecule has 0 nitrogen and oxygen atoms in total. The maximum Gasteiger partial charge on any atom is 0.0159 e. The first kappa shape index (κ1) is 28.1. The first-order chi connectivity index (χ1) is 21.2. The standard InChI is InChI=1S/2C22H20/c1-15-7-6-8-16(13-15)17-11-12-19-18-9-4-5-10-20(18)22(2,3)21(19)14-17;1-15-8-4-5-9-17(15)16-12-13-19-18-10-6-7-11-20(18)22(2,3)21(19)14-16/h2*4-14H,1-3H3. The molecule has 0 N–H and O–H groups in total. The molecule has 0 heterocycles. The Labute approximate surface area is 263 Å². The minimum atomic E-state index is 0.0740. The smallest absolute Gasteiger partial charge is 0.0159 e. The fraction of sp³-hybridized carbons (Fsp3) is 0.182. The molecule has 0 heteroatoms. The van der Waals surface area contributed by atoms with E-state index < -0.39 is 0 Å². The summed E-state index contributed by atoms with van der Waals surface area (Å²) in [6.45, 7) is 13.7. The van der Waals surface area contributed by atoms with Gasteiger partial charge in [0.15, 0.2) is 0 Å². The first-order valence-corrected chi connectivity index (χ1v) is 15.8. The van der Waals surface area contributed by atoms with Gasteiger partial charge in [-0.25, -0.2) is 0 Å². The maximum absolute atomic E-state index is 2.39. The third kappa shape index (κ3) is 4.52. The molecule has 0 spiro atoms. The molecule has 0 radical (unpaired) electrons. The SMILES string of the molecule is Cc1cccc(-c2ccc3c(c2)C(C)(C)c2ccccc2-3)c1.Cc1ccccc1-c1ccc2c(c1)C(C)(C)c1ccccc1-2. The molecule has 0 atom stereocenters. The molecule has 2 aliphatic carbocycles. The Morgan fingerprint density at radius 1 is 0.341 bits per heavy atom. The van der Waals surface area contributed by atoms with Crippen LogP contribution in [-0.4, -0.2) is 0 Å². The fourth-order valence-electron chi connectivity index (χ4n) is 7.48. The van der Waals surface area contributed by atoms with Crippen molar-refractivity contribution in [2.45, 2.75) is 52.4 Å². The molecule has 0 aromatic heterocycles. The molecular formula is C44H40. The number of hydrogen-bond acceptors (Lipinski definition) is 0. The van der Waals surface area contributed by atoms with Crippen LogP contribution in [0.5, 0.6) is 0 Å². The summed E-state index contributed by atoms with van der Waals surface area (Å²) in [5.74, 6) is 0. The van der Waals surface area contributed by atoms with Crippen molar-refractivity contribution in [3.63, 3.8) is 0 Å². The van der Waals surface area contributed by atoms with Crippen LogP contribution in [0.2, 0.25) is 0 Å². The van der Waals surface area contributed by atoms with Gasteiger partial charge >= 0.3 is 0 Å². The summed E-state index contributed by atoms with van der Waals surface area (Å²) in [6, 6.07) is 48.8. The van der Waals surface area contributed by atoms with E-state index in [-0.39, 0.29) is 10.8 Å². The van der Waals surface area contributed by atoms with Crippen molar-refractivity contribution in [3.8, 4) is 44.5 Å². The number of hydrogen-bond donors (Lipinski definition) is 0. The number of rotatable bonds is 2. The quantitative estimate of drug-likeness (QED) is 0.195. The summed E-state index contributed by atoms with van der Waals surface area (Å²) in [7, 11) is 0. The van der Waals surface area contributed by atoms with E-state index in [1.54, 1.807) is 0 Å². The van der Waals surface area contributed by atoms with Crippen molar-refractivity contribution < 1.29 is 0 Å². The predicted molar refractivity (Wildman–Crippen MR) is 188 cm³/mol. The molecule has 0 fully saturated rings. The van der Waals surface area contributed by atoms with Gasteiger partial charge in [0.05, 0.1) is 0 Å².